The number of hydrogen-bond acceptors (Lipinski definition) is 2. The summed E-state index contributed by atoms with van der Waals surface area (Å²) in [7, 11) is 0. The third-order valence-corrected chi connectivity index (χ3v) is 2.82. The van der Waals surface area contributed by atoms with Crippen molar-refractivity contribution in [1.82, 2.24) is 0 Å². The molecule has 0 N–H and O–H groups in total. The maximum Gasteiger partial charge on any atom is 0.133 e. The van der Waals surface area contributed by atoms with Crippen molar-refractivity contribution in [1.29, 1.82) is 10.5 Å². The Morgan fingerprint density at radius 3 is 2.60 bits per heavy atom. The van der Waals surface area contributed by atoms with E-state index in [1.807, 2.05) is 30.3 Å². The summed E-state index contributed by atoms with van der Waals surface area (Å²) >= 11 is 0. The van der Waals surface area contributed by atoms with Crippen LogP contribution in [0.2, 0.25) is 0 Å². The number of fused-ring (bicyclic) bond motifs is 1. The predicted molar refractivity (Wildman–Crippen MR) is 57.5 cm³/mol. The van der Waals surface area contributed by atoms with Gasteiger partial charge in [0.15, 0.2) is 0 Å². The maximum absolute atomic E-state index is 8.90. The first kappa shape index (κ1) is 9.49. The van der Waals surface area contributed by atoms with Crippen LogP contribution >= 0.6 is 0 Å². The van der Waals surface area contributed by atoms with Gasteiger partial charge in [-0.2, -0.15) is 10.5 Å². The van der Waals surface area contributed by atoms with E-state index >= 15 is 0 Å². The van der Waals surface area contributed by atoms with E-state index in [-0.39, 0.29) is 11.5 Å². The Hall–Kier alpha value is -2.06. The van der Waals surface area contributed by atoms with Crippen molar-refractivity contribution in [2.45, 2.75) is 13.3 Å². The van der Waals surface area contributed by atoms with Crippen molar-refractivity contribution in [3.8, 4) is 12.1 Å². The van der Waals surface area contributed by atoms with Crippen molar-refractivity contribution in [2.75, 3.05) is 0 Å². The molecule has 2 heteroatoms. The van der Waals surface area contributed by atoms with Crippen LogP contribution in [0.1, 0.15) is 18.1 Å². The van der Waals surface area contributed by atoms with E-state index in [9.17, 15) is 0 Å². The summed E-state index contributed by atoms with van der Waals surface area (Å²) in [6.07, 6.45) is 0.929. The van der Waals surface area contributed by atoms with Gasteiger partial charge in [-0.3, -0.25) is 0 Å². The highest BCUT2D eigenvalue weighted by molar-refractivity contribution is 5.81. The zero-order chi connectivity index (χ0) is 10.8. The van der Waals surface area contributed by atoms with Gasteiger partial charge in [-0.05, 0) is 29.0 Å². The van der Waals surface area contributed by atoms with Gasteiger partial charge in [0.25, 0.3) is 0 Å². The zero-order valence-electron chi connectivity index (χ0n) is 8.49. The summed E-state index contributed by atoms with van der Waals surface area (Å²) in [4.78, 5) is 0. The molecule has 0 heterocycles. The summed E-state index contributed by atoms with van der Waals surface area (Å²) in [5.74, 6) is 0.275. The van der Waals surface area contributed by atoms with Crippen molar-refractivity contribution >= 4 is 5.57 Å². The Bertz CT molecular complexity index is 496. The van der Waals surface area contributed by atoms with Gasteiger partial charge in [0, 0.05) is 0 Å². The van der Waals surface area contributed by atoms with E-state index < -0.39 is 0 Å². The van der Waals surface area contributed by atoms with E-state index in [1.165, 1.54) is 5.56 Å². The van der Waals surface area contributed by atoms with Crippen molar-refractivity contribution < 1.29 is 0 Å². The van der Waals surface area contributed by atoms with Crippen LogP contribution in [0.25, 0.3) is 5.57 Å². The van der Waals surface area contributed by atoms with Crippen LogP contribution in [0.4, 0.5) is 0 Å². The van der Waals surface area contributed by atoms with Crippen LogP contribution in [0.15, 0.2) is 29.8 Å². The minimum Gasteiger partial charge on any atom is -0.192 e. The fourth-order valence-corrected chi connectivity index (χ4v) is 2.18. The minimum absolute atomic E-state index is 0.257. The molecule has 0 aromatic heterocycles. The molecule has 0 saturated heterocycles. The molecular weight excluding hydrogens is 184 g/mol. The molecule has 72 valence electrons. The van der Waals surface area contributed by atoms with E-state index in [0.29, 0.717) is 0 Å². The molecule has 1 atom stereocenters. The molecule has 1 unspecified atom stereocenters. The molecule has 2 rings (SSSR count). The summed E-state index contributed by atoms with van der Waals surface area (Å²) in [6.45, 7) is 2.06. The van der Waals surface area contributed by atoms with E-state index in [4.69, 9.17) is 10.5 Å². The fourth-order valence-electron chi connectivity index (χ4n) is 2.18. The van der Waals surface area contributed by atoms with Gasteiger partial charge in [-0.15, -0.1) is 0 Å². The zero-order valence-corrected chi connectivity index (χ0v) is 8.49. The molecule has 1 aromatic carbocycles. The van der Waals surface area contributed by atoms with Crippen LogP contribution in [0.3, 0.4) is 0 Å². The number of nitrogens with zero attached hydrogens (tertiary/aromatic N) is 2. The number of nitriles is 2. The monoisotopic (exact) mass is 194 g/mol. The first-order valence-corrected chi connectivity index (χ1v) is 4.90. The Kier molecular flexibility index (Phi) is 2.27. The lowest BCUT2D eigenvalue weighted by molar-refractivity contribution is 0.779. The normalized spacial score (nSPS) is 17.8. The van der Waals surface area contributed by atoms with Gasteiger partial charge in [-0.1, -0.05) is 31.2 Å². The van der Waals surface area contributed by atoms with E-state index in [0.717, 1.165) is 17.6 Å². The lowest BCUT2D eigenvalue weighted by atomic mass is 9.97. The maximum atomic E-state index is 8.90. The highest BCUT2D eigenvalue weighted by Crippen LogP contribution is 2.38. The third kappa shape index (κ3) is 1.41. The first-order valence-electron chi connectivity index (χ1n) is 4.90. The molecule has 0 aliphatic heterocycles. The topological polar surface area (TPSA) is 47.6 Å². The van der Waals surface area contributed by atoms with Gasteiger partial charge in [0.1, 0.15) is 17.7 Å². The highest BCUT2D eigenvalue weighted by atomic mass is 14.3. The average Bonchev–Trinajstić information content (AvgIpc) is 2.58. The number of hydrogen-bond donors (Lipinski definition) is 0. The average molecular weight is 194 g/mol. The van der Waals surface area contributed by atoms with Gasteiger partial charge < -0.3 is 0 Å². The molecule has 1 aliphatic carbocycles. The molecule has 0 bridgehead atoms. The second kappa shape index (κ2) is 3.59. The predicted octanol–water partition coefficient (Wildman–Crippen LogP) is 2.68. The Labute approximate surface area is 89.1 Å². The molecular formula is C13H10N2. The van der Waals surface area contributed by atoms with E-state index in [2.05, 4.69) is 13.0 Å². The number of rotatable bonds is 0. The molecule has 0 amide bonds. The standard InChI is InChI=1S/C13H10N2/c1-9-6-10-4-2-3-5-12(10)13(9)11(7-14)8-15/h2-5,9H,6H2,1H3. The first-order chi connectivity index (χ1) is 7.27. The number of allylic oxidation sites excluding steroid dienone is 2. The van der Waals surface area contributed by atoms with Gasteiger partial charge in [-0.25, -0.2) is 0 Å². The molecule has 0 saturated carbocycles. The Balaban J connectivity index is 2.67. The summed E-state index contributed by atoms with van der Waals surface area (Å²) in [5.41, 5.74) is 3.48. The van der Waals surface area contributed by atoms with Crippen LogP contribution in [-0.2, 0) is 6.42 Å². The largest absolute Gasteiger partial charge is 0.192 e. The number of benzene rings is 1. The van der Waals surface area contributed by atoms with Crippen LogP contribution < -0.4 is 0 Å². The van der Waals surface area contributed by atoms with Crippen LogP contribution in [0.5, 0.6) is 0 Å². The summed E-state index contributed by atoms with van der Waals surface area (Å²) in [6, 6.07) is 12.0. The van der Waals surface area contributed by atoms with Crippen molar-refractivity contribution in [3.05, 3.63) is 41.0 Å². The minimum atomic E-state index is 0.257. The third-order valence-electron chi connectivity index (χ3n) is 2.82. The molecule has 0 radical (unpaired) electrons. The Morgan fingerprint density at radius 1 is 1.27 bits per heavy atom. The molecule has 2 nitrogen and oxygen atoms in total. The summed E-state index contributed by atoms with van der Waals surface area (Å²) < 4.78 is 0. The van der Waals surface area contributed by atoms with Crippen LogP contribution in [0, 0.1) is 28.6 Å². The lowest BCUT2D eigenvalue weighted by Gasteiger charge is -2.04. The van der Waals surface area contributed by atoms with E-state index in [1.54, 1.807) is 0 Å². The fraction of sp³-hybridized carbons (Fsp3) is 0.231. The van der Waals surface area contributed by atoms with Gasteiger partial charge in [0.05, 0.1) is 0 Å². The summed E-state index contributed by atoms with van der Waals surface area (Å²) in [5, 5.41) is 17.8. The van der Waals surface area contributed by atoms with Gasteiger partial charge in [0.2, 0.25) is 0 Å². The molecule has 0 spiro atoms. The molecule has 15 heavy (non-hydrogen) atoms. The quantitative estimate of drug-likeness (QED) is 0.596. The van der Waals surface area contributed by atoms with Crippen molar-refractivity contribution in [3.63, 3.8) is 0 Å². The molecule has 1 aliphatic rings. The van der Waals surface area contributed by atoms with Crippen LogP contribution in [-0.4, -0.2) is 0 Å². The van der Waals surface area contributed by atoms with Gasteiger partial charge >= 0.3 is 0 Å². The Morgan fingerprint density at radius 2 is 1.93 bits per heavy atom. The lowest BCUT2D eigenvalue weighted by Crippen LogP contribution is -1.94. The smallest absolute Gasteiger partial charge is 0.133 e. The second-order valence-corrected chi connectivity index (χ2v) is 3.77. The highest BCUT2D eigenvalue weighted by Gasteiger charge is 2.25. The van der Waals surface area contributed by atoms with Crippen molar-refractivity contribution in [2.24, 2.45) is 5.92 Å². The molecule has 1 aromatic rings. The molecule has 0 fully saturated rings. The second-order valence-electron chi connectivity index (χ2n) is 3.77. The SMILES string of the molecule is CC1Cc2ccccc2C1=C(C#N)C#N.